The zero-order valence-corrected chi connectivity index (χ0v) is 28.5. The minimum atomic E-state index is -1.24. The van der Waals surface area contributed by atoms with E-state index in [1.54, 1.807) is 10.7 Å². The molecule has 47 heavy (non-hydrogen) atoms. The summed E-state index contributed by atoms with van der Waals surface area (Å²) < 4.78 is 14.5. The summed E-state index contributed by atoms with van der Waals surface area (Å²) in [5.74, 6) is 0.397. The summed E-state index contributed by atoms with van der Waals surface area (Å²) in [5.41, 5.74) is 9.57. The maximum absolute atomic E-state index is 12.8. The number of hydrogen-bond donors (Lipinski definition) is 2. The van der Waals surface area contributed by atoms with E-state index in [0.717, 1.165) is 33.7 Å². The second-order valence-corrected chi connectivity index (χ2v) is 14.0. The SMILES string of the molecule is Cc1cc2c(cc1C)-c1cccc(c1)-c1cc3nc(C)c(C(OC(C)(C)C)C(=O)O)c(n3n1)N1CCC(C)(CC1)ONC=CC(C)O2. The molecule has 10 nitrogen and oxygen atoms in total. The molecule has 2 aromatic heterocycles. The molecule has 0 aliphatic carbocycles. The second kappa shape index (κ2) is 12.3. The number of aromatic nitrogens is 3. The molecule has 4 aromatic rings. The highest BCUT2D eigenvalue weighted by atomic mass is 16.7. The van der Waals surface area contributed by atoms with Gasteiger partial charge in [-0.3, -0.25) is 10.3 Å². The number of nitrogens with one attached hydrogen (secondary N) is 1. The van der Waals surface area contributed by atoms with E-state index in [1.807, 2.05) is 58.9 Å². The number of ether oxygens (including phenoxy) is 2. The number of fused-ring (bicyclic) bond motifs is 6. The average Bonchev–Trinajstić information content (AvgIpc) is 3.43. The predicted molar refractivity (Wildman–Crippen MR) is 183 cm³/mol. The number of benzene rings is 2. The van der Waals surface area contributed by atoms with Gasteiger partial charge in [-0.2, -0.15) is 9.61 Å². The molecule has 3 aliphatic rings. The Balaban J connectivity index is 1.57. The number of nitrogens with zero attached hydrogens (tertiary/aromatic N) is 4. The van der Waals surface area contributed by atoms with Crippen molar-refractivity contribution < 1.29 is 24.2 Å². The van der Waals surface area contributed by atoms with Crippen molar-refractivity contribution in [2.75, 3.05) is 18.0 Å². The second-order valence-electron chi connectivity index (χ2n) is 14.0. The number of anilines is 1. The van der Waals surface area contributed by atoms with Crippen molar-refractivity contribution in [1.29, 1.82) is 0 Å². The van der Waals surface area contributed by atoms with Gasteiger partial charge in [-0.15, -0.1) is 0 Å². The Morgan fingerprint density at radius 3 is 2.49 bits per heavy atom. The molecule has 0 saturated carbocycles. The molecule has 10 heteroatoms. The van der Waals surface area contributed by atoms with Crippen LogP contribution in [-0.2, 0) is 14.4 Å². The molecule has 5 heterocycles. The lowest BCUT2D eigenvalue weighted by atomic mass is 9.93. The Hall–Kier alpha value is -4.41. The number of rotatable bonds is 3. The van der Waals surface area contributed by atoms with Crippen molar-refractivity contribution >= 4 is 17.4 Å². The van der Waals surface area contributed by atoms with Crippen molar-refractivity contribution in [2.45, 2.75) is 91.6 Å². The lowest BCUT2D eigenvalue weighted by Crippen LogP contribution is -2.47. The Labute approximate surface area is 276 Å². The summed E-state index contributed by atoms with van der Waals surface area (Å²) in [4.78, 5) is 26.1. The lowest BCUT2D eigenvalue weighted by molar-refractivity contribution is -0.160. The van der Waals surface area contributed by atoms with Crippen LogP contribution >= 0.6 is 0 Å². The van der Waals surface area contributed by atoms with Crippen LogP contribution in [0.3, 0.4) is 0 Å². The topological polar surface area (TPSA) is 110 Å². The Kier molecular flexibility index (Phi) is 8.52. The summed E-state index contributed by atoms with van der Waals surface area (Å²) in [6.45, 7) is 16.9. The highest BCUT2D eigenvalue weighted by Crippen LogP contribution is 2.39. The average molecular weight is 640 g/mol. The zero-order chi connectivity index (χ0) is 33.7. The molecule has 7 rings (SSSR count). The van der Waals surface area contributed by atoms with Crippen molar-refractivity contribution in [2.24, 2.45) is 0 Å². The standard InChI is InChI=1S/C37H45N5O5/c1-22-18-28-26-10-9-11-27(20-26)29-21-31-39-25(4)32(33(35(43)44)46-36(5,6)7)34(42(31)40-29)41-16-13-37(8,14-17-41)47-38-15-12-24(3)45-30(28)19-23(22)2/h9-12,15,18-21,24,33,38H,13-14,16-17H2,1-8H3,(H,43,44). The van der Waals surface area contributed by atoms with Gasteiger partial charge in [0.1, 0.15) is 17.7 Å². The third kappa shape index (κ3) is 6.71. The first-order chi connectivity index (χ1) is 22.2. The molecule has 2 aromatic carbocycles. The largest absolute Gasteiger partial charge is 0.486 e. The van der Waals surface area contributed by atoms with E-state index in [-0.39, 0.29) is 6.10 Å². The van der Waals surface area contributed by atoms with Crippen LogP contribution in [0, 0.1) is 20.8 Å². The molecule has 0 radical (unpaired) electrons. The van der Waals surface area contributed by atoms with Crippen LogP contribution in [0.2, 0.25) is 0 Å². The van der Waals surface area contributed by atoms with Gasteiger partial charge in [-0.1, -0.05) is 18.2 Å². The Bertz CT molecular complexity index is 1850. The molecule has 2 N–H and O–H groups in total. The number of piperidine rings is 1. The number of carboxylic acid groups (broad SMARTS) is 1. The Morgan fingerprint density at radius 1 is 1.09 bits per heavy atom. The lowest BCUT2D eigenvalue weighted by Gasteiger charge is -2.40. The van der Waals surface area contributed by atoms with Crippen LogP contribution in [0.1, 0.15) is 75.9 Å². The van der Waals surface area contributed by atoms with Crippen LogP contribution in [0.5, 0.6) is 5.75 Å². The zero-order valence-electron chi connectivity index (χ0n) is 28.5. The van der Waals surface area contributed by atoms with Gasteiger partial charge in [0.2, 0.25) is 0 Å². The number of carbonyl (C=O) groups is 1. The van der Waals surface area contributed by atoms with Gasteiger partial charge in [0.15, 0.2) is 11.8 Å². The van der Waals surface area contributed by atoms with Gasteiger partial charge in [-0.05, 0) is 109 Å². The monoisotopic (exact) mass is 639 g/mol. The molecule has 2 atom stereocenters. The first-order valence-electron chi connectivity index (χ1n) is 16.3. The summed E-state index contributed by atoms with van der Waals surface area (Å²) in [5, 5.41) is 15.6. The highest BCUT2D eigenvalue weighted by Gasteiger charge is 2.38. The van der Waals surface area contributed by atoms with Crippen LogP contribution in [0.4, 0.5) is 5.82 Å². The molecule has 3 aliphatic heterocycles. The van der Waals surface area contributed by atoms with E-state index in [0.29, 0.717) is 48.7 Å². The molecule has 2 unspecified atom stereocenters. The Morgan fingerprint density at radius 2 is 1.79 bits per heavy atom. The van der Waals surface area contributed by atoms with E-state index in [1.165, 1.54) is 5.56 Å². The molecule has 0 amide bonds. The third-order valence-corrected chi connectivity index (χ3v) is 9.00. The minimum absolute atomic E-state index is 0.215. The summed E-state index contributed by atoms with van der Waals surface area (Å²) in [7, 11) is 0. The van der Waals surface area contributed by atoms with Crippen LogP contribution in [0.15, 0.2) is 54.7 Å². The number of aliphatic carboxylic acids is 1. The highest BCUT2D eigenvalue weighted by molar-refractivity contribution is 5.80. The summed E-state index contributed by atoms with van der Waals surface area (Å²) in [6.07, 6.45) is 3.68. The number of hydrogen-bond acceptors (Lipinski definition) is 8. The van der Waals surface area contributed by atoms with Crippen molar-refractivity contribution in [1.82, 2.24) is 20.1 Å². The van der Waals surface area contributed by atoms with Gasteiger partial charge in [0.05, 0.1) is 22.5 Å². The van der Waals surface area contributed by atoms with Crippen molar-refractivity contribution in [3.05, 3.63) is 77.1 Å². The van der Waals surface area contributed by atoms with Gasteiger partial charge in [0, 0.05) is 42.2 Å². The van der Waals surface area contributed by atoms with Crippen LogP contribution in [0.25, 0.3) is 28.0 Å². The fourth-order valence-electron chi connectivity index (χ4n) is 6.30. The fourth-order valence-corrected chi connectivity index (χ4v) is 6.30. The molecule has 248 valence electrons. The van der Waals surface area contributed by atoms with Crippen LogP contribution in [-0.4, -0.2) is 56.1 Å². The minimum Gasteiger partial charge on any atom is -0.486 e. The van der Waals surface area contributed by atoms with E-state index in [9.17, 15) is 9.90 Å². The number of hydroxylamine groups is 1. The van der Waals surface area contributed by atoms with Gasteiger partial charge >= 0.3 is 5.97 Å². The summed E-state index contributed by atoms with van der Waals surface area (Å²) >= 11 is 0. The third-order valence-electron chi connectivity index (χ3n) is 9.00. The molecule has 6 bridgehead atoms. The van der Waals surface area contributed by atoms with Gasteiger partial charge in [-0.25, -0.2) is 9.78 Å². The van der Waals surface area contributed by atoms with Crippen molar-refractivity contribution in [3.8, 4) is 28.1 Å². The van der Waals surface area contributed by atoms with Crippen LogP contribution < -0.4 is 15.1 Å². The predicted octanol–water partition coefficient (Wildman–Crippen LogP) is 7.10. The maximum Gasteiger partial charge on any atom is 0.337 e. The molecular weight excluding hydrogens is 594 g/mol. The van der Waals surface area contributed by atoms with E-state index < -0.39 is 23.3 Å². The normalized spacial score (nSPS) is 20.6. The quantitative estimate of drug-likeness (QED) is 0.242. The van der Waals surface area contributed by atoms with Gasteiger partial charge in [0.25, 0.3) is 0 Å². The first kappa shape index (κ1) is 32.5. The van der Waals surface area contributed by atoms with Crippen molar-refractivity contribution in [3.63, 3.8) is 0 Å². The van der Waals surface area contributed by atoms with E-state index in [2.05, 4.69) is 55.4 Å². The van der Waals surface area contributed by atoms with Gasteiger partial charge < -0.3 is 19.5 Å². The molecular formula is C37H45N5O5. The smallest absolute Gasteiger partial charge is 0.337 e. The summed E-state index contributed by atoms with van der Waals surface area (Å²) in [6, 6.07) is 14.5. The first-order valence-corrected chi connectivity index (χ1v) is 16.3. The number of aryl methyl sites for hydroxylation is 3. The molecule has 1 fully saturated rings. The maximum atomic E-state index is 12.8. The number of carboxylic acids is 1. The molecule has 1 saturated heterocycles. The van der Waals surface area contributed by atoms with E-state index in [4.69, 9.17) is 24.4 Å². The fraction of sp³-hybridized carbons (Fsp3) is 0.432. The van der Waals surface area contributed by atoms with E-state index >= 15 is 0 Å². The molecule has 0 spiro atoms.